The Balaban J connectivity index is 3.07. The van der Waals surface area contributed by atoms with Crippen molar-refractivity contribution in [2.45, 2.75) is 32.9 Å². The van der Waals surface area contributed by atoms with Gasteiger partial charge < -0.3 is 10.2 Å². The van der Waals surface area contributed by atoms with E-state index in [9.17, 15) is 4.79 Å². The van der Waals surface area contributed by atoms with Gasteiger partial charge in [0.15, 0.2) is 0 Å². The fraction of sp³-hybridized carbons (Fsp3) is 0.417. The van der Waals surface area contributed by atoms with Gasteiger partial charge in [0.2, 0.25) is 0 Å². The van der Waals surface area contributed by atoms with E-state index >= 15 is 0 Å². The molecule has 0 saturated carbocycles. The van der Waals surface area contributed by atoms with Crippen LogP contribution in [0.25, 0.3) is 0 Å². The maximum absolute atomic E-state index is 11.2. The van der Waals surface area contributed by atoms with Crippen LogP contribution in [0.15, 0.2) is 24.3 Å². The average Bonchev–Trinajstić information content (AvgIpc) is 2.16. The molecule has 1 rings (SSSR count). The molecule has 0 atom stereocenters. The van der Waals surface area contributed by atoms with Crippen LogP contribution >= 0.6 is 0 Å². The molecule has 0 fully saturated rings. The maximum Gasteiger partial charge on any atom is 0.412 e. The molecule has 2 N–H and O–H groups in total. The van der Waals surface area contributed by atoms with Gasteiger partial charge in [0.05, 0.1) is 6.61 Å². The normalized spacial score (nSPS) is 11.2. The number of hydrogen-bond acceptors (Lipinski definition) is 2. The average molecular weight is 223 g/mol. The van der Waals surface area contributed by atoms with Gasteiger partial charge in [0, 0.05) is 11.2 Å². The van der Waals surface area contributed by atoms with E-state index < -0.39 is 11.6 Å². The highest BCUT2D eigenvalue weighted by molar-refractivity contribution is 5.87. The van der Waals surface area contributed by atoms with Gasteiger partial charge in [0.25, 0.3) is 0 Å². The number of rotatable bonds is 2. The number of amides is 1. The Labute approximate surface area is 95.1 Å². The van der Waals surface area contributed by atoms with E-state index in [0.717, 1.165) is 5.56 Å². The monoisotopic (exact) mass is 223 g/mol. The molecule has 88 valence electrons. The second-order valence-corrected chi connectivity index (χ2v) is 4.61. The predicted molar refractivity (Wildman–Crippen MR) is 62.6 cm³/mol. The quantitative estimate of drug-likeness (QED) is 0.809. The fourth-order valence-corrected chi connectivity index (χ4v) is 1.54. The third kappa shape index (κ3) is 2.73. The number of aliphatic hydroxyl groups excluding tert-OH is 1. The molecule has 0 radical (unpaired) electrons. The Morgan fingerprint density at radius 3 is 2.06 bits per heavy atom. The largest absolute Gasteiger partial charge is 0.465 e. The molecule has 0 aromatic heterocycles. The van der Waals surface area contributed by atoms with Gasteiger partial charge in [-0.3, -0.25) is 4.90 Å². The van der Waals surface area contributed by atoms with Crippen LogP contribution in [0.2, 0.25) is 0 Å². The standard InChI is InChI=1S/C12H17NO3/c1-12(2,3)13(11(15)16)10-6-4-9(8-14)5-7-10/h4-7,14H,8H2,1-3H3,(H,15,16). The highest BCUT2D eigenvalue weighted by Crippen LogP contribution is 2.24. The van der Waals surface area contributed by atoms with Crippen molar-refractivity contribution in [1.29, 1.82) is 0 Å². The first-order valence-electron chi connectivity index (χ1n) is 5.09. The van der Waals surface area contributed by atoms with Crippen molar-refractivity contribution in [1.82, 2.24) is 0 Å². The summed E-state index contributed by atoms with van der Waals surface area (Å²) < 4.78 is 0. The Hall–Kier alpha value is -1.55. The summed E-state index contributed by atoms with van der Waals surface area (Å²) in [5, 5.41) is 18.1. The molecular weight excluding hydrogens is 206 g/mol. The van der Waals surface area contributed by atoms with Crippen molar-refractivity contribution >= 4 is 11.8 Å². The van der Waals surface area contributed by atoms with Gasteiger partial charge in [-0.1, -0.05) is 12.1 Å². The molecule has 0 aliphatic carbocycles. The Morgan fingerprint density at radius 2 is 1.75 bits per heavy atom. The second kappa shape index (κ2) is 4.53. The summed E-state index contributed by atoms with van der Waals surface area (Å²) in [6.07, 6.45) is -0.982. The maximum atomic E-state index is 11.2. The lowest BCUT2D eigenvalue weighted by molar-refractivity contribution is 0.195. The van der Waals surface area contributed by atoms with Gasteiger partial charge in [-0.2, -0.15) is 0 Å². The van der Waals surface area contributed by atoms with Crippen LogP contribution in [0.5, 0.6) is 0 Å². The first-order valence-corrected chi connectivity index (χ1v) is 5.09. The number of carbonyl (C=O) groups is 1. The summed E-state index contributed by atoms with van der Waals surface area (Å²) in [5.41, 5.74) is 0.882. The molecule has 0 aliphatic heterocycles. The minimum absolute atomic E-state index is 0.0388. The van der Waals surface area contributed by atoms with E-state index in [1.165, 1.54) is 4.90 Å². The van der Waals surface area contributed by atoms with Crippen molar-refractivity contribution in [3.63, 3.8) is 0 Å². The van der Waals surface area contributed by atoms with E-state index in [-0.39, 0.29) is 6.61 Å². The van der Waals surface area contributed by atoms with Gasteiger partial charge in [-0.25, -0.2) is 4.79 Å². The Bertz CT molecular complexity index is 365. The van der Waals surface area contributed by atoms with Crippen LogP contribution in [0.4, 0.5) is 10.5 Å². The minimum Gasteiger partial charge on any atom is -0.465 e. The van der Waals surface area contributed by atoms with Crippen molar-refractivity contribution < 1.29 is 15.0 Å². The predicted octanol–water partition coefficient (Wildman–Crippen LogP) is 2.46. The van der Waals surface area contributed by atoms with Gasteiger partial charge in [0.1, 0.15) is 0 Å². The SMILES string of the molecule is CC(C)(C)N(C(=O)O)c1ccc(CO)cc1. The molecule has 0 spiro atoms. The van der Waals surface area contributed by atoms with E-state index in [1.807, 2.05) is 20.8 Å². The van der Waals surface area contributed by atoms with Crippen LogP contribution in [-0.4, -0.2) is 21.8 Å². The zero-order valence-electron chi connectivity index (χ0n) is 9.77. The molecule has 16 heavy (non-hydrogen) atoms. The number of nitrogens with zero attached hydrogens (tertiary/aromatic N) is 1. The molecular formula is C12H17NO3. The summed E-state index contributed by atoms with van der Waals surface area (Å²) in [7, 11) is 0. The second-order valence-electron chi connectivity index (χ2n) is 4.61. The van der Waals surface area contributed by atoms with Gasteiger partial charge in [-0.05, 0) is 38.5 Å². The topological polar surface area (TPSA) is 60.8 Å². The Kier molecular flexibility index (Phi) is 3.55. The summed E-state index contributed by atoms with van der Waals surface area (Å²) in [6.45, 7) is 5.46. The zero-order chi connectivity index (χ0) is 12.3. The zero-order valence-corrected chi connectivity index (χ0v) is 9.77. The van der Waals surface area contributed by atoms with Crippen molar-refractivity contribution in [3.8, 4) is 0 Å². The molecule has 1 amide bonds. The van der Waals surface area contributed by atoms with Crippen molar-refractivity contribution in [2.75, 3.05) is 4.90 Å². The highest BCUT2D eigenvalue weighted by Gasteiger charge is 2.27. The summed E-state index contributed by atoms with van der Waals surface area (Å²) in [6, 6.07) is 6.84. The molecule has 1 aromatic rings. The highest BCUT2D eigenvalue weighted by atomic mass is 16.4. The van der Waals surface area contributed by atoms with E-state index in [1.54, 1.807) is 24.3 Å². The van der Waals surface area contributed by atoms with Crippen molar-refractivity contribution in [3.05, 3.63) is 29.8 Å². The van der Waals surface area contributed by atoms with Gasteiger partial charge >= 0.3 is 6.09 Å². The molecule has 0 aliphatic rings. The smallest absolute Gasteiger partial charge is 0.412 e. The Morgan fingerprint density at radius 1 is 1.25 bits per heavy atom. The van der Waals surface area contributed by atoms with E-state index in [4.69, 9.17) is 10.2 Å². The number of benzene rings is 1. The van der Waals surface area contributed by atoms with Crippen LogP contribution in [0.3, 0.4) is 0 Å². The molecule has 0 bridgehead atoms. The third-order valence-corrected chi connectivity index (χ3v) is 2.24. The summed E-state index contributed by atoms with van der Waals surface area (Å²) in [4.78, 5) is 12.5. The number of anilines is 1. The fourth-order valence-electron chi connectivity index (χ4n) is 1.54. The lowest BCUT2D eigenvalue weighted by Crippen LogP contribution is -2.45. The van der Waals surface area contributed by atoms with Crippen LogP contribution in [0.1, 0.15) is 26.3 Å². The number of hydrogen-bond donors (Lipinski definition) is 2. The third-order valence-electron chi connectivity index (χ3n) is 2.24. The van der Waals surface area contributed by atoms with Crippen LogP contribution < -0.4 is 4.90 Å². The summed E-state index contributed by atoms with van der Waals surface area (Å²) in [5.74, 6) is 0. The van der Waals surface area contributed by atoms with E-state index in [0.29, 0.717) is 5.69 Å². The first-order chi connectivity index (χ1) is 7.36. The molecule has 1 aromatic carbocycles. The summed E-state index contributed by atoms with van der Waals surface area (Å²) >= 11 is 0. The lowest BCUT2D eigenvalue weighted by atomic mass is 10.1. The lowest BCUT2D eigenvalue weighted by Gasteiger charge is -2.33. The van der Waals surface area contributed by atoms with Gasteiger partial charge in [-0.15, -0.1) is 0 Å². The number of carboxylic acid groups (broad SMARTS) is 1. The van der Waals surface area contributed by atoms with E-state index in [2.05, 4.69) is 0 Å². The van der Waals surface area contributed by atoms with Crippen LogP contribution in [-0.2, 0) is 6.61 Å². The van der Waals surface area contributed by atoms with Crippen LogP contribution in [0, 0.1) is 0 Å². The molecule has 0 saturated heterocycles. The molecule has 4 heteroatoms. The minimum atomic E-state index is -0.982. The molecule has 4 nitrogen and oxygen atoms in total. The first kappa shape index (κ1) is 12.5. The molecule has 0 unspecified atom stereocenters. The number of aliphatic hydroxyl groups is 1. The van der Waals surface area contributed by atoms with Crippen molar-refractivity contribution in [2.24, 2.45) is 0 Å². The molecule has 0 heterocycles.